The summed E-state index contributed by atoms with van der Waals surface area (Å²) in [5, 5.41) is 0. The Morgan fingerprint density at radius 2 is 1.71 bits per heavy atom. The van der Waals surface area contributed by atoms with Gasteiger partial charge in [-0.25, -0.2) is 0 Å². The van der Waals surface area contributed by atoms with Crippen molar-refractivity contribution < 1.29 is 9.59 Å². The molecule has 0 radical (unpaired) electrons. The second-order valence-corrected chi connectivity index (χ2v) is 5.24. The maximum Gasteiger partial charge on any atom is 0.137 e. The van der Waals surface area contributed by atoms with Gasteiger partial charge < -0.3 is 0 Å². The Morgan fingerprint density at radius 3 is 2.47 bits per heavy atom. The van der Waals surface area contributed by atoms with Gasteiger partial charge in [-0.1, -0.05) is 30.3 Å². The quantitative estimate of drug-likeness (QED) is 0.740. The number of benzene rings is 1. The number of ketones is 2. The molecule has 17 heavy (non-hydrogen) atoms. The standard InChI is InChI=1S/C15H16O2/c16-11-6-7-12-13(9-15(17)14(12)8-11)10-4-2-1-3-5-10/h1-5,12-14H,6-9H2/t12-,13+,14-/m0/s1. The van der Waals surface area contributed by atoms with E-state index in [1.807, 2.05) is 18.2 Å². The Balaban J connectivity index is 1.89. The fourth-order valence-corrected chi connectivity index (χ4v) is 3.45. The largest absolute Gasteiger partial charge is 0.300 e. The smallest absolute Gasteiger partial charge is 0.137 e. The van der Waals surface area contributed by atoms with Crippen molar-refractivity contribution in [2.24, 2.45) is 11.8 Å². The van der Waals surface area contributed by atoms with Gasteiger partial charge in [0.1, 0.15) is 11.6 Å². The number of fused-ring (bicyclic) bond motifs is 1. The van der Waals surface area contributed by atoms with E-state index in [0.29, 0.717) is 36.9 Å². The average Bonchev–Trinajstić information content (AvgIpc) is 2.68. The molecular formula is C15H16O2. The van der Waals surface area contributed by atoms with Gasteiger partial charge >= 0.3 is 0 Å². The summed E-state index contributed by atoms with van der Waals surface area (Å²) in [7, 11) is 0. The zero-order chi connectivity index (χ0) is 11.8. The first-order valence-electron chi connectivity index (χ1n) is 6.35. The summed E-state index contributed by atoms with van der Waals surface area (Å²) >= 11 is 0. The molecule has 0 heterocycles. The van der Waals surface area contributed by atoms with Crippen molar-refractivity contribution >= 4 is 11.6 Å². The van der Waals surface area contributed by atoms with Crippen LogP contribution in [0.25, 0.3) is 0 Å². The zero-order valence-electron chi connectivity index (χ0n) is 9.76. The molecule has 2 aliphatic carbocycles. The lowest BCUT2D eigenvalue weighted by atomic mass is 9.75. The topological polar surface area (TPSA) is 34.1 Å². The summed E-state index contributed by atoms with van der Waals surface area (Å²) in [4.78, 5) is 23.4. The molecule has 2 saturated carbocycles. The zero-order valence-corrected chi connectivity index (χ0v) is 9.76. The third kappa shape index (κ3) is 1.82. The van der Waals surface area contributed by atoms with Crippen molar-refractivity contribution in [1.29, 1.82) is 0 Å². The van der Waals surface area contributed by atoms with Crippen LogP contribution in [0.2, 0.25) is 0 Å². The van der Waals surface area contributed by atoms with Crippen LogP contribution in [-0.4, -0.2) is 11.6 Å². The number of carbonyl (C=O) groups is 2. The first kappa shape index (κ1) is 10.7. The molecule has 0 saturated heterocycles. The number of carbonyl (C=O) groups excluding carboxylic acids is 2. The van der Waals surface area contributed by atoms with E-state index in [1.165, 1.54) is 5.56 Å². The van der Waals surface area contributed by atoms with E-state index in [2.05, 4.69) is 12.1 Å². The number of Topliss-reactive ketones (excluding diaryl/α,β-unsaturated/α-hetero) is 2. The van der Waals surface area contributed by atoms with Crippen LogP contribution >= 0.6 is 0 Å². The molecule has 0 N–H and O–H groups in total. The third-order valence-corrected chi connectivity index (χ3v) is 4.30. The lowest BCUT2D eigenvalue weighted by molar-refractivity contribution is -0.129. The van der Waals surface area contributed by atoms with Gasteiger partial charge in [-0.05, 0) is 23.8 Å². The lowest BCUT2D eigenvalue weighted by Gasteiger charge is -2.27. The summed E-state index contributed by atoms with van der Waals surface area (Å²) in [5.74, 6) is 1.34. The van der Waals surface area contributed by atoms with Crippen LogP contribution < -0.4 is 0 Å². The van der Waals surface area contributed by atoms with Crippen LogP contribution in [0.15, 0.2) is 30.3 Å². The molecular weight excluding hydrogens is 212 g/mol. The minimum Gasteiger partial charge on any atom is -0.300 e. The van der Waals surface area contributed by atoms with E-state index in [-0.39, 0.29) is 11.7 Å². The summed E-state index contributed by atoms with van der Waals surface area (Å²) in [5.41, 5.74) is 1.27. The van der Waals surface area contributed by atoms with Crippen LogP contribution in [0, 0.1) is 11.8 Å². The van der Waals surface area contributed by atoms with Crippen LogP contribution in [0.4, 0.5) is 0 Å². The molecule has 0 spiro atoms. The highest BCUT2D eigenvalue weighted by Gasteiger charge is 2.45. The monoisotopic (exact) mass is 228 g/mol. The Labute approximate surface area is 101 Å². The predicted octanol–water partition coefficient (Wildman–Crippen LogP) is 2.73. The third-order valence-electron chi connectivity index (χ3n) is 4.30. The Kier molecular flexibility index (Phi) is 2.58. The fraction of sp³-hybridized carbons (Fsp3) is 0.467. The van der Waals surface area contributed by atoms with Gasteiger partial charge in [-0.2, -0.15) is 0 Å². The molecule has 3 rings (SSSR count). The minimum absolute atomic E-state index is 0.0152. The van der Waals surface area contributed by atoms with Gasteiger partial charge in [0.15, 0.2) is 0 Å². The fourth-order valence-electron chi connectivity index (χ4n) is 3.45. The van der Waals surface area contributed by atoms with Crippen molar-refractivity contribution in [1.82, 2.24) is 0 Å². The lowest BCUT2D eigenvalue weighted by Crippen LogP contribution is -2.26. The van der Waals surface area contributed by atoms with E-state index in [9.17, 15) is 9.59 Å². The maximum absolute atomic E-state index is 12.0. The number of rotatable bonds is 1. The molecule has 3 atom stereocenters. The highest BCUT2D eigenvalue weighted by atomic mass is 16.1. The maximum atomic E-state index is 12.0. The van der Waals surface area contributed by atoms with Crippen molar-refractivity contribution in [3.05, 3.63) is 35.9 Å². The molecule has 2 aliphatic rings. The molecule has 0 aromatic heterocycles. The first-order chi connectivity index (χ1) is 8.25. The van der Waals surface area contributed by atoms with E-state index >= 15 is 0 Å². The van der Waals surface area contributed by atoms with Gasteiger partial charge in [-0.3, -0.25) is 9.59 Å². The molecule has 2 nitrogen and oxygen atoms in total. The molecule has 88 valence electrons. The summed E-state index contributed by atoms with van der Waals surface area (Å²) < 4.78 is 0. The van der Waals surface area contributed by atoms with Crippen molar-refractivity contribution in [3.63, 3.8) is 0 Å². The normalized spacial score (nSPS) is 32.6. The number of hydrogen-bond acceptors (Lipinski definition) is 2. The SMILES string of the molecule is O=C1CC[C@@H]2[C@H](C1)C(=O)C[C@@H]2c1ccccc1. The Morgan fingerprint density at radius 1 is 0.941 bits per heavy atom. The Hall–Kier alpha value is -1.44. The predicted molar refractivity (Wildman–Crippen MR) is 64.6 cm³/mol. The van der Waals surface area contributed by atoms with Crippen molar-refractivity contribution in [3.8, 4) is 0 Å². The molecule has 2 fully saturated rings. The summed E-state index contributed by atoms with van der Waals surface area (Å²) in [6.07, 6.45) is 2.69. The molecule has 2 heteroatoms. The highest BCUT2D eigenvalue weighted by molar-refractivity contribution is 5.91. The van der Waals surface area contributed by atoms with Crippen molar-refractivity contribution in [2.45, 2.75) is 31.6 Å². The summed E-state index contributed by atoms with van der Waals surface area (Å²) in [6, 6.07) is 10.3. The molecule has 0 aliphatic heterocycles. The van der Waals surface area contributed by atoms with E-state index in [1.54, 1.807) is 0 Å². The molecule has 1 aromatic carbocycles. The van der Waals surface area contributed by atoms with Gasteiger partial charge in [0, 0.05) is 25.2 Å². The number of hydrogen-bond donors (Lipinski definition) is 0. The summed E-state index contributed by atoms with van der Waals surface area (Å²) in [6.45, 7) is 0. The first-order valence-corrected chi connectivity index (χ1v) is 6.35. The van der Waals surface area contributed by atoms with Crippen LogP contribution in [-0.2, 0) is 9.59 Å². The molecule has 0 amide bonds. The van der Waals surface area contributed by atoms with Gasteiger partial charge in [0.2, 0.25) is 0 Å². The molecule has 0 unspecified atom stereocenters. The van der Waals surface area contributed by atoms with Gasteiger partial charge in [-0.15, -0.1) is 0 Å². The molecule has 0 bridgehead atoms. The second-order valence-electron chi connectivity index (χ2n) is 5.24. The van der Waals surface area contributed by atoms with E-state index < -0.39 is 0 Å². The Bertz CT molecular complexity index is 449. The average molecular weight is 228 g/mol. The highest BCUT2D eigenvalue weighted by Crippen LogP contribution is 2.47. The van der Waals surface area contributed by atoms with E-state index in [0.717, 1.165) is 6.42 Å². The molecule has 1 aromatic rings. The van der Waals surface area contributed by atoms with Gasteiger partial charge in [0.05, 0.1) is 0 Å². The van der Waals surface area contributed by atoms with Crippen LogP contribution in [0.5, 0.6) is 0 Å². The van der Waals surface area contributed by atoms with Crippen molar-refractivity contribution in [2.75, 3.05) is 0 Å². The minimum atomic E-state index is 0.0152. The van der Waals surface area contributed by atoms with Crippen LogP contribution in [0.1, 0.15) is 37.2 Å². The van der Waals surface area contributed by atoms with E-state index in [4.69, 9.17) is 0 Å². The second kappa shape index (κ2) is 4.10. The van der Waals surface area contributed by atoms with Gasteiger partial charge in [0.25, 0.3) is 0 Å². The van der Waals surface area contributed by atoms with Crippen LogP contribution in [0.3, 0.4) is 0 Å².